The molecule has 17 heavy (non-hydrogen) atoms. The van der Waals surface area contributed by atoms with Crippen molar-refractivity contribution < 1.29 is 36.6 Å². The third-order valence-corrected chi connectivity index (χ3v) is 2.46. The fourth-order valence-corrected chi connectivity index (χ4v) is 1.53. The van der Waals surface area contributed by atoms with Crippen molar-refractivity contribution in [1.82, 2.24) is 4.90 Å². The second kappa shape index (κ2) is 4.11. The molecule has 0 saturated carbocycles. The number of carbonyl (C=O) groups is 2. The summed E-state index contributed by atoms with van der Waals surface area (Å²) in [6.07, 6.45) is -6.28. The average Bonchev–Trinajstić information content (AvgIpc) is 2.14. The predicted octanol–water partition coefficient (Wildman–Crippen LogP) is 1.12. The molecule has 0 aromatic rings. The van der Waals surface area contributed by atoms with E-state index in [1.54, 1.807) is 0 Å². The van der Waals surface area contributed by atoms with Gasteiger partial charge in [-0.2, -0.15) is 13.2 Å². The largest absolute Gasteiger partial charge is 0.481 e. The molecule has 1 unspecified atom stereocenters. The number of nitrogens with zero attached hydrogens (tertiary/aromatic N) is 1. The van der Waals surface area contributed by atoms with E-state index >= 15 is 0 Å². The Morgan fingerprint density at radius 2 is 1.82 bits per heavy atom. The van der Waals surface area contributed by atoms with Gasteiger partial charge < -0.3 is 10.0 Å². The SMILES string of the molecule is O=C(O)C1CN(C(=O)C(F)(F)F)CCC1(F)F. The van der Waals surface area contributed by atoms with Crippen molar-refractivity contribution in [3.63, 3.8) is 0 Å². The van der Waals surface area contributed by atoms with Crippen molar-refractivity contribution in [2.75, 3.05) is 13.1 Å². The van der Waals surface area contributed by atoms with Gasteiger partial charge in [-0.3, -0.25) is 9.59 Å². The lowest BCUT2D eigenvalue weighted by Gasteiger charge is -2.36. The van der Waals surface area contributed by atoms with Crippen LogP contribution in [-0.2, 0) is 9.59 Å². The standard InChI is InChI=1S/C8H8F5NO3/c9-7(10)1-2-14(3-4(7)5(15)16)6(17)8(11,12)13/h4H,1-3H2,(H,15,16). The first kappa shape index (κ1) is 13.7. The first-order chi connectivity index (χ1) is 7.55. The molecule has 1 aliphatic heterocycles. The maximum Gasteiger partial charge on any atom is 0.471 e. The Kier molecular flexibility index (Phi) is 3.30. The second-order valence-corrected chi connectivity index (χ2v) is 3.65. The van der Waals surface area contributed by atoms with Crippen LogP contribution >= 0.6 is 0 Å². The molecule has 0 aromatic heterocycles. The van der Waals surface area contributed by atoms with Crippen LogP contribution in [0.4, 0.5) is 22.0 Å². The van der Waals surface area contributed by atoms with Gasteiger partial charge in [-0.25, -0.2) is 8.78 Å². The maximum atomic E-state index is 13.1. The molecule has 9 heteroatoms. The summed E-state index contributed by atoms with van der Waals surface area (Å²) in [6, 6.07) is 0. The molecule has 1 atom stereocenters. The minimum Gasteiger partial charge on any atom is -0.481 e. The van der Waals surface area contributed by atoms with Crippen molar-refractivity contribution in [1.29, 1.82) is 0 Å². The van der Waals surface area contributed by atoms with Crippen LogP contribution in [0.3, 0.4) is 0 Å². The quantitative estimate of drug-likeness (QED) is 0.719. The van der Waals surface area contributed by atoms with Crippen molar-refractivity contribution in [2.45, 2.75) is 18.5 Å². The Hall–Kier alpha value is -1.41. The number of aliphatic carboxylic acids is 1. The molecule has 1 saturated heterocycles. The maximum absolute atomic E-state index is 13.1. The Bertz CT molecular complexity index is 341. The van der Waals surface area contributed by atoms with Crippen LogP contribution in [0, 0.1) is 5.92 Å². The molecule has 1 amide bonds. The smallest absolute Gasteiger partial charge is 0.471 e. The minimum absolute atomic E-state index is 0.0934. The molecular weight excluding hydrogens is 253 g/mol. The molecule has 4 nitrogen and oxygen atoms in total. The molecule has 1 heterocycles. The van der Waals surface area contributed by atoms with E-state index < -0.39 is 49.4 Å². The summed E-state index contributed by atoms with van der Waals surface area (Å²) < 4.78 is 62.2. The molecule has 0 aliphatic carbocycles. The van der Waals surface area contributed by atoms with Crippen molar-refractivity contribution in [3.8, 4) is 0 Å². The molecule has 0 aromatic carbocycles. The lowest BCUT2D eigenvalue weighted by Crippen LogP contribution is -2.54. The number of carbonyl (C=O) groups excluding carboxylic acids is 1. The Morgan fingerprint density at radius 1 is 1.29 bits per heavy atom. The highest BCUT2D eigenvalue weighted by Crippen LogP contribution is 2.35. The number of halogens is 5. The van der Waals surface area contributed by atoms with Crippen LogP contribution in [0.1, 0.15) is 6.42 Å². The number of hydrogen-bond acceptors (Lipinski definition) is 2. The summed E-state index contributed by atoms with van der Waals surface area (Å²) in [5.41, 5.74) is 0. The van der Waals surface area contributed by atoms with Crippen molar-refractivity contribution in [2.24, 2.45) is 5.92 Å². The van der Waals surface area contributed by atoms with E-state index in [2.05, 4.69) is 0 Å². The van der Waals surface area contributed by atoms with Gasteiger partial charge >= 0.3 is 18.1 Å². The highest BCUT2D eigenvalue weighted by molar-refractivity contribution is 5.83. The van der Waals surface area contributed by atoms with Gasteiger partial charge in [-0.1, -0.05) is 0 Å². The summed E-state index contributed by atoms with van der Waals surface area (Å²) in [7, 11) is 0. The number of likely N-dealkylation sites (tertiary alicyclic amines) is 1. The summed E-state index contributed by atoms with van der Waals surface area (Å²) in [4.78, 5) is 21.3. The molecule has 98 valence electrons. The number of piperidine rings is 1. The Morgan fingerprint density at radius 3 is 2.24 bits per heavy atom. The lowest BCUT2D eigenvalue weighted by atomic mass is 9.93. The van der Waals surface area contributed by atoms with E-state index in [0.717, 1.165) is 0 Å². The number of rotatable bonds is 1. The Labute approximate surface area is 92.0 Å². The molecule has 0 bridgehead atoms. The molecule has 1 N–H and O–H groups in total. The average molecular weight is 261 g/mol. The third kappa shape index (κ3) is 2.83. The van der Waals surface area contributed by atoms with Gasteiger partial charge in [0.25, 0.3) is 5.92 Å². The first-order valence-corrected chi connectivity index (χ1v) is 4.52. The van der Waals surface area contributed by atoms with Gasteiger partial charge in [0.05, 0.1) is 0 Å². The van der Waals surface area contributed by atoms with Crippen LogP contribution in [0.2, 0.25) is 0 Å². The lowest BCUT2D eigenvalue weighted by molar-refractivity contribution is -0.196. The van der Waals surface area contributed by atoms with Gasteiger partial charge in [0.15, 0.2) is 0 Å². The normalized spacial score (nSPS) is 24.5. The van der Waals surface area contributed by atoms with E-state index in [-0.39, 0.29) is 4.90 Å². The molecule has 0 radical (unpaired) electrons. The van der Waals surface area contributed by atoms with E-state index in [9.17, 15) is 31.5 Å². The number of amides is 1. The summed E-state index contributed by atoms with van der Waals surface area (Å²) in [5.74, 6) is -10.1. The molecule has 1 aliphatic rings. The van der Waals surface area contributed by atoms with Crippen LogP contribution in [0.25, 0.3) is 0 Å². The molecular formula is C8H8F5NO3. The zero-order chi connectivity index (χ0) is 13.4. The van der Waals surface area contributed by atoms with Crippen molar-refractivity contribution in [3.05, 3.63) is 0 Å². The topological polar surface area (TPSA) is 57.6 Å². The van der Waals surface area contributed by atoms with Crippen LogP contribution in [-0.4, -0.2) is 47.1 Å². The zero-order valence-corrected chi connectivity index (χ0v) is 8.30. The second-order valence-electron chi connectivity index (χ2n) is 3.65. The summed E-state index contributed by atoms with van der Waals surface area (Å²) in [5, 5.41) is 8.48. The molecule has 0 spiro atoms. The van der Waals surface area contributed by atoms with Crippen LogP contribution in [0.5, 0.6) is 0 Å². The third-order valence-electron chi connectivity index (χ3n) is 2.46. The monoisotopic (exact) mass is 261 g/mol. The van der Waals surface area contributed by atoms with E-state index in [4.69, 9.17) is 5.11 Å². The highest BCUT2D eigenvalue weighted by atomic mass is 19.4. The number of carboxylic acids is 1. The summed E-state index contributed by atoms with van der Waals surface area (Å²) in [6.45, 7) is -1.95. The highest BCUT2D eigenvalue weighted by Gasteiger charge is 2.52. The van der Waals surface area contributed by atoms with Gasteiger partial charge in [0, 0.05) is 19.5 Å². The van der Waals surface area contributed by atoms with E-state index in [1.807, 2.05) is 0 Å². The number of alkyl halides is 5. The van der Waals surface area contributed by atoms with Gasteiger partial charge in [0.2, 0.25) is 0 Å². The number of carboxylic acid groups (broad SMARTS) is 1. The zero-order valence-electron chi connectivity index (χ0n) is 8.30. The van der Waals surface area contributed by atoms with Crippen LogP contribution < -0.4 is 0 Å². The molecule has 1 rings (SSSR count). The Balaban J connectivity index is 2.84. The van der Waals surface area contributed by atoms with E-state index in [0.29, 0.717) is 0 Å². The van der Waals surface area contributed by atoms with Crippen molar-refractivity contribution >= 4 is 11.9 Å². The fraction of sp³-hybridized carbons (Fsp3) is 0.750. The van der Waals surface area contributed by atoms with Gasteiger partial charge in [0.1, 0.15) is 5.92 Å². The predicted molar refractivity (Wildman–Crippen MR) is 43.3 cm³/mol. The van der Waals surface area contributed by atoms with Gasteiger partial charge in [-0.15, -0.1) is 0 Å². The minimum atomic E-state index is -5.18. The fourth-order valence-electron chi connectivity index (χ4n) is 1.53. The van der Waals surface area contributed by atoms with E-state index in [1.165, 1.54) is 0 Å². The summed E-state index contributed by atoms with van der Waals surface area (Å²) >= 11 is 0. The van der Waals surface area contributed by atoms with Gasteiger partial charge in [-0.05, 0) is 0 Å². The number of hydrogen-bond donors (Lipinski definition) is 1. The first-order valence-electron chi connectivity index (χ1n) is 4.52. The van der Waals surface area contributed by atoms with Crippen LogP contribution in [0.15, 0.2) is 0 Å². The molecule has 1 fully saturated rings.